The third-order valence-corrected chi connectivity index (χ3v) is 2.05. The smallest absolute Gasteiger partial charge is 0.269 e. The lowest BCUT2D eigenvalue weighted by Crippen LogP contribution is -2.20. The normalized spacial score (nSPS) is 10.4. The fourth-order valence-corrected chi connectivity index (χ4v) is 1.42. The minimum Gasteiger partial charge on any atom is -0.354 e. The second kappa shape index (κ2) is 3.10. The molecule has 0 radical (unpaired) electrons. The lowest BCUT2D eigenvalue weighted by Gasteiger charge is -1.99. The molecule has 0 atom stereocenters. The summed E-state index contributed by atoms with van der Waals surface area (Å²) >= 11 is 0. The molecule has 5 heteroatoms. The van der Waals surface area contributed by atoms with E-state index in [1.807, 2.05) is 0 Å². The standard InChI is InChI=1S/C9H10N4O/c1-6-8(9(14)10-2)13-4-3-11-5-7(13)12-6/h3-5H,1-2H3,(H,10,14). The van der Waals surface area contributed by atoms with Crippen molar-refractivity contribution in [2.45, 2.75) is 6.92 Å². The van der Waals surface area contributed by atoms with Gasteiger partial charge in [0.15, 0.2) is 5.65 Å². The Balaban J connectivity index is 2.74. The van der Waals surface area contributed by atoms with Gasteiger partial charge in [-0.05, 0) is 6.92 Å². The van der Waals surface area contributed by atoms with E-state index in [1.54, 1.807) is 37.0 Å². The highest BCUT2D eigenvalue weighted by molar-refractivity contribution is 5.94. The highest BCUT2D eigenvalue weighted by atomic mass is 16.1. The van der Waals surface area contributed by atoms with Gasteiger partial charge in [-0.1, -0.05) is 0 Å². The first-order chi connectivity index (χ1) is 6.74. The van der Waals surface area contributed by atoms with Crippen LogP contribution in [0.4, 0.5) is 0 Å². The molecule has 0 spiro atoms. The van der Waals surface area contributed by atoms with Gasteiger partial charge >= 0.3 is 0 Å². The maximum absolute atomic E-state index is 11.5. The Bertz CT molecular complexity index is 489. The minimum atomic E-state index is -0.138. The van der Waals surface area contributed by atoms with Gasteiger partial charge in [0.05, 0.1) is 11.9 Å². The Kier molecular flexibility index (Phi) is 1.92. The molecule has 2 aromatic rings. The first kappa shape index (κ1) is 8.68. The van der Waals surface area contributed by atoms with E-state index in [0.29, 0.717) is 17.0 Å². The predicted molar refractivity (Wildman–Crippen MR) is 51.1 cm³/mol. The van der Waals surface area contributed by atoms with E-state index in [0.717, 1.165) is 0 Å². The summed E-state index contributed by atoms with van der Waals surface area (Å²) in [6.45, 7) is 1.80. The molecule has 1 N–H and O–H groups in total. The fraction of sp³-hybridized carbons (Fsp3) is 0.222. The Morgan fingerprint density at radius 2 is 2.36 bits per heavy atom. The lowest BCUT2D eigenvalue weighted by atomic mass is 10.3. The van der Waals surface area contributed by atoms with Crippen molar-refractivity contribution in [3.05, 3.63) is 30.0 Å². The Hall–Kier alpha value is -1.91. The summed E-state index contributed by atoms with van der Waals surface area (Å²) < 4.78 is 1.72. The molecular weight excluding hydrogens is 180 g/mol. The third kappa shape index (κ3) is 1.14. The molecule has 0 aliphatic heterocycles. The molecule has 2 rings (SSSR count). The number of aromatic nitrogens is 3. The first-order valence-corrected chi connectivity index (χ1v) is 4.25. The molecule has 0 fully saturated rings. The van der Waals surface area contributed by atoms with Crippen molar-refractivity contribution in [2.24, 2.45) is 0 Å². The van der Waals surface area contributed by atoms with Crippen LogP contribution in [0.3, 0.4) is 0 Å². The maximum Gasteiger partial charge on any atom is 0.269 e. The second-order valence-corrected chi connectivity index (χ2v) is 2.93. The number of rotatable bonds is 1. The van der Waals surface area contributed by atoms with Crippen LogP contribution in [0.2, 0.25) is 0 Å². The molecule has 2 heterocycles. The van der Waals surface area contributed by atoms with Crippen LogP contribution in [-0.4, -0.2) is 27.3 Å². The number of amides is 1. The van der Waals surface area contributed by atoms with Crippen LogP contribution in [0.1, 0.15) is 16.2 Å². The SMILES string of the molecule is CNC(=O)c1c(C)nc2cnccn12. The molecule has 0 aromatic carbocycles. The number of fused-ring (bicyclic) bond motifs is 1. The highest BCUT2D eigenvalue weighted by Crippen LogP contribution is 2.09. The van der Waals surface area contributed by atoms with Crippen LogP contribution in [0.5, 0.6) is 0 Å². The lowest BCUT2D eigenvalue weighted by molar-refractivity contribution is 0.0956. The number of imidazole rings is 1. The van der Waals surface area contributed by atoms with Gasteiger partial charge in [0.25, 0.3) is 5.91 Å². The molecule has 0 saturated heterocycles. The van der Waals surface area contributed by atoms with Gasteiger partial charge in [-0.2, -0.15) is 0 Å². The van der Waals surface area contributed by atoms with Crippen molar-refractivity contribution in [3.63, 3.8) is 0 Å². The zero-order valence-electron chi connectivity index (χ0n) is 7.98. The second-order valence-electron chi connectivity index (χ2n) is 2.93. The largest absolute Gasteiger partial charge is 0.354 e. The molecule has 1 amide bonds. The molecule has 14 heavy (non-hydrogen) atoms. The van der Waals surface area contributed by atoms with Crippen molar-refractivity contribution in [2.75, 3.05) is 7.05 Å². The van der Waals surface area contributed by atoms with Gasteiger partial charge < -0.3 is 5.32 Å². The van der Waals surface area contributed by atoms with E-state index in [-0.39, 0.29) is 5.91 Å². The summed E-state index contributed by atoms with van der Waals surface area (Å²) in [6.07, 6.45) is 4.97. The molecular formula is C9H10N4O. The van der Waals surface area contributed by atoms with Crippen molar-refractivity contribution in [1.29, 1.82) is 0 Å². The molecule has 0 aliphatic rings. The summed E-state index contributed by atoms with van der Waals surface area (Å²) in [5.74, 6) is -0.138. The van der Waals surface area contributed by atoms with Crippen LogP contribution in [0.15, 0.2) is 18.6 Å². The molecule has 72 valence electrons. The number of carbonyl (C=O) groups excluding carboxylic acids is 1. The van der Waals surface area contributed by atoms with Crippen LogP contribution in [-0.2, 0) is 0 Å². The van der Waals surface area contributed by atoms with Gasteiger partial charge in [-0.15, -0.1) is 0 Å². The van der Waals surface area contributed by atoms with Gasteiger partial charge in [-0.3, -0.25) is 14.2 Å². The number of nitrogens with one attached hydrogen (secondary N) is 1. The van der Waals surface area contributed by atoms with E-state index in [2.05, 4.69) is 15.3 Å². The first-order valence-electron chi connectivity index (χ1n) is 4.25. The molecule has 2 aromatic heterocycles. The van der Waals surface area contributed by atoms with Gasteiger partial charge in [-0.25, -0.2) is 4.98 Å². The topological polar surface area (TPSA) is 59.3 Å². The predicted octanol–water partition coefficient (Wildman–Crippen LogP) is 0.397. The monoisotopic (exact) mass is 190 g/mol. The van der Waals surface area contributed by atoms with E-state index in [1.165, 1.54) is 0 Å². The zero-order valence-corrected chi connectivity index (χ0v) is 7.98. The summed E-state index contributed by atoms with van der Waals surface area (Å²) in [5, 5.41) is 2.58. The Labute approximate surface area is 80.8 Å². The minimum absolute atomic E-state index is 0.138. The van der Waals surface area contributed by atoms with Crippen LogP contribution >= 0.6 is 0 Å². The number of carbonyl (C=O) groups is 1. The van der Waals surface area contributed by atoms with Gasteiger partial charge in [0, 0.05) is 19.4 Å². The van der Waals surface area contributed by atoms with E-state index in [4.69, 9.17) is 0 Å². The molecule has 0 bridgehead atoms. The average Bonchev–Trinajstić information content (AvgIpc) is 2.53. The van der Waals surface area contributed by atoms with Gasteiger partial charge in [0.1, 0.15) is 5.69 Å². The van der Waals surface area contributed by atoms with Gasteiger partial charge in [0.2, 0.25) is 0 Å². The van der Waals surface area contributed by atoms with E-state index >= 15 is 0 Å². The fourth-order valence-electron chi connectivity index (χ4n) is 1.42. The molecule has 0 saturated carbocycles. The Morgan fingerprint density at radius 1 is 1.57 bits per heavy atom. The highest BCUT2D eigenvalue weighted by Gasteiger charge is 2.14. The maximum atomic E-state index is 11.5. The molecule has 0 unspecified atom stereocenters. The molecule has 0 aliphatic carbocycles. The summed E-state index contributed by atoms with van der Waals surface area (Å²) in [6, 6.07) is 0. The average molecular weight is 190 g/mol. The van der Waals surface area contributed by atoms with Crippen LogP contribution < -0.4 is 5.32 Å². The third-order valence-electron chi connectivity index (χ3n) is 2.05. The number of hydrogen-bond donors (Lipinski definition) is 1. The number of aryl methyl sites for hydroxylation is 1. The molecule has 5 nitrogen and oxygen atoms in total. The summed E-state index contributed by atoms with van der Waals surface area (Å²) in [4.78, 5) is 19.7. The van der Waals surface area contributed by atoms with Crippen molar-refractivity contribution < 1.29 is 4.79 Å². The van der Waals surface area contributed by atoms with Crippen molar-refractivity contribution in [1.82, 2.24) is 19.7 Å². The Morgan fingerprint density at radius 3 is 3.07 bits per heavy atom. The van der Waals surface area contributed by atoms with Crippen LogP contribution in [0, 0.1) is 6.92 Å². The van der Waals surface area contributed by atoms with Crippen LogP contribution in [0.25, 0.3) is 5.65 Å². The van der Waals surface area contributed by atoms with E-state index in [9.17, 15) is 4.79 Å². The zero-order chi connectivity index (χ0) is 10.1. The number of hydrogen-bond acceptors (Lipinski definition) is 3. The van der Waals surface area contributed by atoms with Crippen molar-refractivity contribution >= 4 is 11.6 Å². The number of nitrogens with zero attached hydrogens (tertiary/aromatic N) is 3. The quantitative estimate of drug-likeness (QED) is 0.708. The van der Waals surface area contributed by atoms with Crippen molar-refractivity contribution in [3.8, 4) is 0 Å². The summed E-state index contributed by atoms with van der Waals surface area (Å²) in [7, 11) is 1.60. The summed E-state index contributed by atoms with van der Waals surface area (Å²) in [5.41, 5.74) is 1.95. The van der Waals surface area contributed by atoms with E-state index < -0.39 is 0 Å².